The van der Waals surface area contributed by atoms with E-state index in [1.165, 1.54) is 27.6 Å². The van der Waals surface area contributed by atoms with Crippen molar-refractivity contribution in [1.82, 2.24) is 30.8 Å². The first-order chi connectivity index (χ1) is 26.7. The third-order valence-electron chi connectivity index (χ3n) is 8.60. The summed E-state index contributed by atoms with van der Waals surface area (Å²) in [5.41, 5.74) is 4.03. The van der Waals surface area contributed by atoms with Crippen molar-refractivity contribution in [3.05, 3.63) is 104 Å². The smallest absolute Gasteiger partial charge is 0.790 e. The first-order valence-corrected chi connectivity index (χ1v) is 21.3. The number of benzene rings is 2. The molecule has 0 fully saturated rings. The van der Waals surface area contributed by atoms with Crippen LogP contribution in [-0.2, 0) is 49.4 Å². The van der Waals surface area contributed by atoms with Gasteiger partial charge in [-0.05, 0) is 36.3 Å². The van der Waals surface area contributed by atoms with Gasteiger partial charge in [0.05, 0.1) is 47.6 Å². The van der Waals surface area contributed by atoms with E-state index < -0.39 is 56.9 Å². The van der Waals surface area contributed by atoms with Gasteiger partial charge in [0.2, 0.25) is 5.91 Å². The number of amides is 4. The molecule has 2 heterocycles. The fourth-order valence-electron chi connectivity index (χ4n) is 5.73. The molecule has 0 bridgehead atoms. The van der Waals surface area contributed by atoms with Gasteiger partial charge < -0.3 is 49.2 Å². The molecule has 0 spiro atoms. The minimum absolute atomic E-state index is 0. The monoisotopic (exact) mass is 868 g/mol. The SMILES string of the molecule is CC(C)c1nc(CN(C)C(=O)N[C@H](C(=O)N[C@@H](Cc2ccccc2)C[C@H](OCOP(=O)([O-])[O-])[C@H](Cc2ccccc2)NC(=O)OCc2cncs2)C(C)C)cs1.[Ca+2]. The number of thiazole rings is 2. The summed E-state index contributed by atoms with van der Waals surface area (Å²) in [6.07, 6.45) is 0.286. The molecule has 304 valence electrons. The van der Waals surface area contributed by atoms with Gasteiger partial charge in [-0.25, -0.2) is 14.6 Å². The van der Waals surface area contributed by atoms with Crippen LogP contribution in [0.15, 0.2) is 77.8 Å². The average Bonchev–Trinajstić information content (AvgIpc) is 3.85. The molecule has 4 amide bonds. The normalized spacial score (nSPS) is 13.6. The third kappa shape index (κ3) is 17.4. The fraction of sp³-hybridized carbons (Fsp3) is 0.447. The van der Waals surface area contributed by atoms with Gasteiger partial charge in [0, 0.05) is 30.6 Å². The molecule has 4 atom stereocenters. The van der Waals surface area contributed by atoms with Crippen molar-refractivity contribution in [3.8, 4) is 0 Å². The van der Waals surface area contributed by atoms with Crippen LogP contribution in [0.1, 0.15) is 66.7 Å². The summed E-state index contributed by atoms with van der Waals surface area (Å²) in [7, 11) is -3.80. The van der Waals surface area contributed by atoms with Crippen LogP contribution in [0.2, 0.25) is 0 Å². The Bertz CT molecular complexity index is 1850. The van der Waals surface area contributed by atoms with E-state index >= 15 is 0 Å². The van der Waals surface area contributed by atoms with Crippen LogP contribution in [0.3, 0.4) is 0 Å². The molecule has 0 saturated carbocycles. The summed E-state index contributed by atoms with van der Waals surface area (Å²) in [6, 6.07) is 15.6. The summed E-state index contributed by atoms with van der Waals surface area (Å²) in [5, 5.41) is 11.7. The van der Waals surface area contributed by atoms with Crippen LogP contribution < -0.4 is 25.7 Å². The molecule has 4 rings (SSSR count). The second-order valence-electron chi connectivity index (χ2n) is 13.9. The van der Waals surface area contributed by atoms with Gasteiger partial charge in [-0.15, -0.1) is 22.7 Å². The zero-order valence-corrected chi connectivity index (χ0v) is 37.4. The Morgan fingerprint density at radius 2 is 1.56 bits per heavy atom. The van der Waals surface area contributed by atoms with Crippen molar-refractivity contribution in [2.75, 3.05) is 13.8 Å². The number of ether oxygens (including phenoxy) is 2. The van der Waals surface area contributed by atoms with Crippen LogP contribution in [0.5, 0.6) is 0 Å². The number of nitrogens with zero attached hydrogens (tertiary/aromatic N) is 3. The van der Waals surface area contributed by atoms with Crippen molar-refractivity contribution >= 4 is 86.3 Å². The number of alkyl carbamates (subject to hydrolysis) is 1. The molecular formula is C38H49CaN6O9PS2. The quantitative estimate of drug-likeness (QED) is 0.0610. The van der Waals surface area contributed by atoms with E-state index in [0.29, 0.717) is 6.42 Å². The van der Waals surface area contributed by atoms with Gasteiger partial charge in [0.15, 0.2) is 6.79 Å². The average molecular weight is 869 g/mol. The molecule has 15 nitrogen and oxygen atoms in total. The van der Waals surface area contributed by atoms with E-state index in [-0.39, 0.29) is 75.6 Å². The van der Waals surface area contributed by atoms with Crippen LogP contribution >= 0.6 is 30.5 Å². The van der Waals surface area contributed by atoms with Gasteiger partial charge >= 0.3 is 49.9 Å². The number of nitrogens with one attached hydrogen (secondary N) is 3. The van der Waals surface area contributed by atoms with Crippen molar-refractivity contribution in [2.24, 2.45) is 5.92 Å². The van der Waals surface area contributed by atoms with E-state index in [1.54, 1.807) is 18.8 Å². The topological polar surface area (TPSA) is 207 Å². The van der Waals surface area contributed by atoms with E-state index in [4.69, 9.17) is 9.47 Å². The molecule has 4 aromatic rings. The van der Waals surface area contributed by atoms with Crippen LogP contribution in [0.25, 0.3) is 0 Å². The predicted molar refractivity (Wildman–Crippen MR) is 215 cm³/mol. The molecule has 3 N–H and O–H groups in total. The zero-order valence-electron chi connectivity index (χ0n) is 32.7. The number of carbonyl (C=O) groups excluding carboxylic acids is 3. The molecule has 19 heteroatoms. The van der Waals surface area contributed by atoms with Gasteiger partial charge in [0.1, 0.15) is 12.6 Å². The maximum Gasteiger partial charge on any atom is 2.00 e. The Balaban J connectivity index is 0.00000870. The van der Waals surface area contributed by atoms with Crippen LogP contribution in [0.4, 0.5) is 9.59 Å². The largest absolute Gasteiger partial charge is 2.00 e. The molecule has 2 aromatic heterocycles. The molecule has 0 radical (unpaired) electrons. The molecule has 0 unspecified atom stereocenters. The summed E-state index contributed by atoms with van der Waals surface area (Å²) in [6.45, 7) is 7.02. The number of rotatable bonds is 21. The number of phosphoric acid groups is 1. The third-order valence-corrected chi connectivity index (χ3v) is 11.0. The first kappa shape index (κ1) is 48.4. The van der Waals surface area contributed by atoms with Gasteiger partial charge in [-0.3, -0.25) is 9.78 Å². The Kier molecular flexibility index (Phi) is 20.6. The van der Waals surface area contributed by atoms with E-state index in [2.05, 4.69) is 44.3 Å². The van der Waals surface area contributed by atoms with Crippen LogP contribution in [-0.4, -0.2) is 109 Å². The Morgan fingerprint density at radius 3 is 2.12 bits per heavy atom. The number of hydrogen-bond donors (Lipinski definition) is 3. The number of hydrogen-bond acceptors (Lipinski definition) is 13. The predicted octanol–water partition coefficient (Wildman–Crippen LogP) is 4.35. The Morgan fingerprint density at radius 1 is 0.912 bits per heavy atom. The fourth-order valence-corrected chi connectivity index (χ4v) is 7.26. The summed E-state index contributed by atoms with van der Waals surface area (Å²) in [4.78, 5) is 74.4. The molecule has 2 aromatic carbocycles. The van der Waals surface area contributed by atoms with Crippen molar-refractivity contribution in [3.63, 3.8) is 0 Å². The molecular weight excluding hydrogens is 820 g/mol. The van der Waals surface area contributed by atoms with Crippen molar-refractivity contribution in [2.45, 2.75) is 90.3 Å². The van der Waals surface area contributed by atoms with Crippen molar-refractivity contribution < 1.29 is 42.7 Å². The number of urea groups is 1. The maximum absolute atomic E-state index is 14.1. The molecule has 0 saturated heterocycles. The Labute approximate surface area is 371 Å². The molecule has 0 aliphatic heterocycles. The minimum atomic E-state index is -5.43. The zero-order chi connectivity index (χ0) is 40.7. The van der Waals surface area contributed by atoms with Gasteiger partial charge in [0.25, 0.3) is 0 Å². The number of aromatic nitrogens is 2. The van der Waals surface area contributed by atoms with Gasteiger partial charge in [-0.1, -0.05) is 88.4 Å². The first-order valence-electron chi connectivity index (χ1n) is 18.1. The van der Waals surface area contributed by atoms with Crippen LogP contribution in [0, 0.1) is 5.92 Å². The summed E-state index contributed by atoms with van der Waals surface area (Å²) < 4.78 is 27.3. The second-order valence-corrected chi connectivity index (χ2v) is 16.9. The van der Waals surface area contributed by atoms with Crippen molar-refractivity contribution in [1.29, 1.82) is 0 Å². The molecule has 0 aliphatic rings. The maximum atomic E-state index is 14.1. The van der Waals surface area contributed by atoms with E-state index in [0.717, 1.165) is 26.7 Å². The van der Waals surface area contributed by atoms with Gasteiger partial charge in [-0.2, -0.15) is 0 Å². The molecule has 0 aliphatic carbocycles. The van der Waals surface area contributed by atoms with E-state index in [9.17, 15) is 28.7 Å². The number of phosphoric ester groups is 1. The molecule has 57 heavy (non-hydrogen) atoms. The standard InChI is InChI=1S/C38H51N6O9PS2.Ca/c1-25(2)34(43-37(46)44(5)20-30-22-55-36(41-30)26(3)4)35(45)40-29(16-27-12-8-6-9-13-27)18-33(52-24-53-54(48,49)50)32(17-28-14-10-7-11-15-28)42-38(47)51-21-31-19-39-23-56-31;/h6-15,19,22-23,25-26,29,32-34H,16-18,20-21,24H2,1-5H3,(H,40,45)(H,42,47)(H,43,46)(H2,48,49,50);/q;+2/p-2/t29-,32-,33-,34-;/m0./s1. The Hall–Kier alpha value is -2.96. The summed E-state index contributed by atoms with van der Waals surface area (Å²) >= 11 is 2.85. The van der Waals surface area contributed by atoms with E-state index in [1.807, 2.05) is 79.9 Å². The minimum Gasteiger partial charge on any atom is -0.790 e. The summed E-state index contributed by atoms with van der Waals surface area (Å²) in [5.74, 6) is -0.523. The second kappa shape index (κ2) is 24.2. The number of carbonyl (C=O) groups is 3.